The van der Waals surface area contributed by atoms with Gasteiger partial charge in [0.15, 0.2) is 0 Å². The van der Waals surface area contributed by atoms with Gasteiger partial charge in [0.1, 0.15) is 0 Å². The lowest BCUT2D eigenvalue weighted by Crippen LogP contribution is -2.24. The molecule has 3 nitrogen and oxygen atoms in total. The lowest BCUT2D eigenvalue weighted by atomic mass is 9.96. The van der Waals surface area contributed by atoms with Crippen molar-refractivity contribution in [3.05, 3.63) is 40.0 Å². The second kappa shape index (κ2) is 6.83. The van der Waals surface area contributed by atoms with E-state index in [0.717, 1.165) is 12.8 Å². The van der Waals surface area contributed by atoms with Crippen molar-refractivity contribution in [3.63, 3.8) is 0 Å². The van der Waals surface area contributed by atoms with Gasteiger partial charge in [-0.05, 0) is 43.9 Å². The zero-order chi connectivity index (χ0) is 13.7. The fraction of sp³-hybridized carbons (Fsp3) is 0.357. The second-order valence-electron chi connectivity index (χ2n) is 4.59. The van der Waals surface area contributed by atoms with E-state index in [9.17, 15) is 4.79 Å². The van der Waals surface area contributed by atoms with Gasteiger partial charge in [0.2, 0.25) is 0 Å². The zero-order valence-electron chi connectivity index (χ0n) is 10.5. The van der Waals surface area contributed by atoms with Crippen LogP contribution in [0.2, 0.25) is 10.0 Å². The Hall–Kier alpha value is -1.19. The molecule has 0 bridgehead atoms. The van der Waals surface area contributed by atoms with E-state index in [0.29, 0.717) is 15.7 Å². The van der Waals surface area contributed by atoms with Gasteiger partial charge in [0.25, 0.3) is 0 Å². The van der Waals surface area contributed by atoms with E-state index in [1.54, 1.807) is 24.4 Å². The maximum atomic E-state index is 11.8. The van der Waals surface area contributed by atoms with E-state index < -0.39 is 0 Å². The van der Waals surface area contributed by atoms with E-state index in [-0.39, 0.29) is 6.03 Å². The minimum Gasteiger partial charge on any atom is -0.314 e. The number of urea groups is 1. The van der Waals surface area contributed by atoms with Crippen LogP contribution >= 0.6 is 23.2 Å². The molecule has 1 aliphatic carbocycles. The molecular formula is C14H16Cl2N2O. The number of halogens is 2. The van der Waals surface area contributed by atoms with Crippen LogP contribution in [0.4, 0.5) is 10.5 Å². The maximum Gasteiger partial charge on any atom is 0.323 e. The summed E-state index contributed by atoms with van der Waals surface area (Å²) in [7, 11) is 0. The summed E-state index contributed by atoms with van der Waals surface area (Å²) in [6, 6.07) is 4.65. The highest BCUT2D eigenvalue weighted by Gasteiger charge is 2.07. The molecule has 2 amide bonds. The van der Waals surface area contributed by atoms with Crippen LogP contribution < -0.4 is 10.6 Å². The maximum absolute atomic E-state index is 11.8. The van der Waals surface area contributed by atoms with Crippen molar-refractivity contribution in [1.82, 2.24) is 5.32 Å². The number of nitrogens with one attached hydrogen (secondary N) is 2. The average molecular weight is 299 g/mol. The quantitative estimate of drug-likeness (QED) is 0.796. The van der Waals surface area contributed by atoms with Gasteiger partial charge in [-0.15, -0.1) is 0 Å². The second-order valence-corrected chi connectivity index (χ2v) is 5.43. The Kier molecular flexibility index (Phi) is 5.11. The van der Waals surface area contributed by atoms with Crippen LogP contribution in [0.25, 0.3) is 0 Å². The zero-order valence-corrected chi connectivity index (χ0v) is 12.0. The Morgan fingerprint density at radius 3 is 2.63 bits per heavy atom. The Labute approximate surface area is 123 Å². The third-order valence-corrected chi connectivity index (χ3v) is 3.64. The molecule has 0 aliphatic heterocycles. The first-order valence-electron chi connectivity index (χ1n) is 6.35. The van der Waals surface area contributed by atoms with E-state index >= 15 is 0 Å². The molecule has 1 aromatic rings. The summed E-state index contributed by atoms with van der Waals surface area (Å²) >= 11 is 11.8. The van der Waals surface area contributed by atoms with Gasteiger partial charge in [-0.3, -0.25) is 0 Å². The Morgan fingerprint density at radius 2 is 1.89 bits per heavy atom. The van der Waals surface area contributed by atoms with Gasteiger partial charge in [0, 0.05) is 11.2 Å². The van der Waals surface area contributed by atoms with Gasteiger partial charge >= 0.3 is 6.03 Å². The van der Waals surface area contributed by atoms with Crippen molar-refractivity contribution in [2.24, 2.45) is 0 Å². The Bertz CT molecular complexity index is 492. The molecule has 1 aromatic carbocycles. The minimum absolute atomic E-state index is 0.303. The summed E-state index contributed by atoms with van der Waals surface area (Å²) in [5.41, 5.74) is 1.80. The van der Waals surface area contributed by atoms with Gasteiger partial charge in [-0.25, -0.2) is 4.79 Å². The molecule has 2 N–H and O–H groups in total. The summed E-state index contributed by atoms with van der Waals surface area (Å²) in [5.74, 6) is 0. The van der Waals surface area contributed by atoms with Crippen LogP contribution in [0.15, 0.2) is 30.0 Å². The van der Waals surface area contributed by atoms with Crippen molar-refractivity contribution in [3.8, 4) is 0 Å². The highest BCUT2D eigenvalue weighted by molar-refractivity contribution is 6.35. The Morgan fingerprint density at radius 1 is 1.16 bits per heavy atom. The topological polar surface area (TPSA) is 41.1 Å². The molecule has 1 saturated carbocycles. The summed E-state index contributed by atoms with van der Waals surface area (Å²) < 4.78 is 0. The molecular weight excluding hydrogens is 283 g/mol. The van der Waals surface area contributed by atoms with Crippen molar-refractivity contribution in [1.29, 1.82) is 0 Å². The molecule has 0 saturated heterocycles. The molecule has 0 unspecified atom stereocenters. The van der Waals surface area contributed by atoms with E-state index in [1.165, 1.54) is 24.8 Å². The number of carbonyl (C=O) groups excluding carboxylic acids is 1. The van der Waals surface area contributed by atoms with Gasteiger partial charge < -0.3 is 10.6 Å². The summed E-state index contributed by atoms with van der Waals surface area (Å²) in [6.07, 6.45) is 7.62. The lowest BCUT2D eigenvalue weighted by Gasteiger charge is -2.14. The normalized spacial score (nSPS) is 14.9. The SMILES string of the molecule is O=C(NC=C1CCCCC1)Nc1cc(Cl)ccc1Cl. The van der Waals surface area contributed by atoms with Crippen LogP contribution in [0.3, 0.4) is 0 Å². The van der Waals surface area contributed by atoms with E-state index in [4.69, 9.17) is 23.2 Å². The van der Waals surface area contributed by atoms with Crippen LogP contribution in [-0.2, 0) is 0 Å². The third kappa shape index (κ3) is 4.44. The highest BCUT2D eigenvalue weighted by atomic mass is 35.5. The van der Waals surface area contributed by atoms with Crippen molar-refractivity contribution < 1.29 is 4.79 Å². The molecule has 1 fully saturated rings. The van der Waals surface area contributed by atoms with Crippen molar-refractivity contribution in [2.75, 3.05) is 5.32 Å². The van der Waals surface area contributed by atoms with E-state index in [2.05, 4.69) is 10.6 Å². The first kappa shape index (κ1) is 14.2. The molecule has 19 heavy (non-hydrogen) atoms. The number of hydrogen-bond acceptors (Lipinski definition) is 1. The molecule has 0 heterocycles. The number of carbonyl (C=O) groups is 1. The van der Waals surface area contributed by atoms with Crippen molar-refractivity contribution in [2.45, 2.75) is 32.1 Å². The van der Waals surface area contributed by atoms with Crippen LogP contribution in [-0.4, -0.2) is 6.03 Å². The standard InChI is InChI=1S/C14H16Cl2N2O/c15-11-6-7-12(16)13(8-11)18-14(19)17-9-10-4-2-1-3-5-10/h6-9H,1-5H2,(H2,17,18,19). The molecule has 0 aromatic heterocycles. The number of amides is 2. The summed E-state index contributed by atoms with van der Waals surface area (Å²) in [5, 5.41) is 6.41. The predicted molar refractivity (Wildman–Crippen MR) is 79.8 cm³/mol. The van der Waals surface area contributed by atoms with Crippen LogP contribution in [0.5, 0.6) is 0 Å². The molecule has 2 rings (SSSR count). The number of rotatable bonds is 2. The third-order valence-electron chi connectivity index (χ3n) is 3.08. The lowest BCUT2D eigenvalue weighted by molar-refractivity contribution is 0.255. The van der Waals surface area contributed by atoms with Crippen LogP contribution in [0.1, 0.15) is 32.1 Å². The monoisotopic (exact) mass is 298 g/mol. The van der Waals surface area contributed by atoms with Gasteiger partial charge in [0.05, 0.1) is 10.7 Å². The fourth-order valence-electron chi connectivity index (χ4n) is 2.07. The number of allylic oxidation sites excluding steroid dienone is 1. The fourth-order valence-corrected chi connectivity index (χ4v) is 2.41. The summed E-state index contributed by atoms with van der Waals surface area (Å²) in [6.45, 7) is 0. The largest absolute Gasteiger partial charge is 0.323 e. The number of benzene rings is 1. The Balaban J connectivity index is 1.92. The number of anilines is 1. The van der Waals surface area contributed by atoms with Gasteiger partial charge in [-0.2, -0.15) is 0 Å². The molecule has 102 valence electrons. The predicted octanol–water partition coefficient (Wildman–Crippen LogP) is 4.96. The summed E-state index contributed by atoms with van der Waals surface area (Å²) in [4.78, 5) is 11.8. The molecule has 0 spiro atoms. The molecule has 5 heteroatoms. The smallest absolute Gasteiger partial charge is 0.314 e. The first-order chi connectivity index (χ1) is 9.15. The first-order valence-corrected chi connectivity index (χ1v) is 7.11. The highest BCUT2D eigenvalue weighted by Crippen LogP contribution is 2.25. The number of hydrogen-bond donors (Lipinski definition) is 2. The minimum atomic E-state index is -0.303. The molecule has 1 aliphatic rings. The molecule has 0 atom stereocenters. The van der Waals surface area contributed by atoms with E-state index in [1.807, 2.05) is 0 Å². The van der Waals surface area contributed by atoms with Crippen molar-refractivity contribution >= 4 is 34.9 Å². The average Bonchev–Trinajstić information content (AvgIpc) is 2.42. The van der Waals surface area contributed by atoms with Crippen LogP contribution in [0, 0.1) is 0 Å². The van der Waals surface area contributed by atoms with Gasteiger partial charge in [-0.1, -0.05) is 35.2 Å². The molecule has 0 radical (unpaired) electrons.